The number of sulfone groups is 1. The Morgan fingerprint density at radius 3 is 2.68 bits per heavy atom. The third kappa shape index (κ3) is 4.46. The van der Waals surface area contributed by atoms with Gasteiger partial charge in [-0.1, -0.05) is 36.7 Å². The summed E-state index contributed by atoms with van der Waals surface area (Å²) in [5, 5.41) is 0.667. The molecule has 0 aliphatic carbocycles. The summed E-state index contributed by atoms with van der Waals surface area (Å²) in [6.45, 7) is 2.61. The molecule has 4 nitrogen and oxygen atoms in total. The van der Waals surface area contributed by atoms with E-state index in [4.69, 9.17) is 11.6 Å². The topological polar surface area (TPSA) is 54.5 Å². The van der Waals surface area contributed by atoms with Gasteiger partial charge in [-0.15, -0.1) is 0 Å². The number of hydrogen-bond acceptors (Lipinski definition) is 3. The zero-order valence-corrected chi connectivity index (χ0v) is 14.4. The van der Waals surface area contributed by atoms with Crippen molar-refractivity contribution in [1.29, 1.82) is 0 Å². The van der Waals surface area contributed by atoms with E-state index in [2.05, 4.69) is 0 Å². The number of carbonyl (C=O) groups excluding carboxylic acids is 1. The van der Waals surface area contributed by atoms with E-state index in [-0.39, 0.29) is 23.5 Å². The van der Waals surface area contributed by atoms with Crippen molar-refractivity contribution < 1.29 is 13.2 Å². The first-order chi connectivity index (χ1) is 10.4. The summed E-state index contributed by atoms with van der Waals surface area (Å²) in [4.78, 5) is 14.3. The monoisotopic (exact) mass is 343 g/mol. The van der Waals surface area contributed by atoms with Crippen molar-refractivity contribution in [3.8, 4) is 0 Å². The summed E-state index contributed by atoms with van der Waals surface area (Å²) in [6, 6.07) is 7.33. The van der Waals surface area contributed by atoms with Crippen LogP contribution in [0.3, 0.4) is 0 Å². The van der Waals surface area contributed by atoms with Gasteiger partial charge in [0, 0.05) is 24.0 Å². The van der Waals surface area contributed by atoms with Crippen LogP contribution in [0, 0.1) is 0 Å². The second-order valence-corrected chi connectivity index (χ2v) is 8.37. The molecule has 1 aromatic rings. The molecule has 22 heavy (non-hydrogen) atoms. The molecule has 0 bridgehead atoms. The van der Waals surface area contributed by atoms with Crippen LogP contribution in [0.5, 0.6) is 0 Å². The van der Waals surface area contributed by atoms with Crippen LogP contribution in [0.1, 0.15) is 31.7 Å². The van der Waals surface area contributed by atoms with E-state index >= 15 is 0 Å². The summed E-state index contributed by atoms with van der Waals surface area (Å²) in [5.74, 6) is 0.310. The number of amides is 1. The van der Waals surface area contributed by atoms with E-state index in [1.54, 1.807) is 4.90 Å². The van der Waals surface area contributed by atoms with Crippen molar-refractivity contribution in [3.63, 3.8) is 0 Å². The minimum Gasteiger partial charge on any atom is -0.339 e. The van der Waals surface area contributed by atoms with Gasteiger partial charge in [-0.25, -0.2) is 8.42 Å². The van der Waals surface area contributed by atoms with E-state index in [9.17, 15) is 13.2 Å². The Morgan fingerprint density at radius 2 is 2.09 bits per heavy atom. The van der Waals surface area contributed by atoms with Crippen LogP contribution in [-0.4, -0.2) is 43.3 Å². The Balaban J connectivity index is 2.00. The Kier molecular flexibility index (Phi) is 5.87. The van der Waals surface area contributed by atoms with Crippen molar-refractivity contribution >= 4 is 27.3 Å². The normalized spacial score (nSPS) is 20.0. The van der Waals surface area contributed by atoms with Gasteiger partial charge in [0.25, 0.3) is 0 Å². The number of nitrogens with zero attached hydrogens (tertiary/aromatic N) is 1. The molecular weight excluding hydrogens is 322 g/mol. The van der Waals surface area contributed by atoms with Gasteiger partial charge >= 0.3 is 0 Å². The third-order valence-electron chi connectivity index (χ3n) is 4.00. The molecule has 6 heteroatoms. The maximum atomic E-state index is 12.5. The van der Waals surface area contributed by atoms with Crippen molar-refractivity contribution in [1.82, 2.24) is 4.90 Å². The second kappa shape index (κ2) is 7.47. The predicted octanol–water partition coefficient (Wildman–Crippen LogP) is 2.70. The molecule has 1 aliphatic rings. The molecule has 1 aliphatic heterocycles. The van der Waals surface area contributed by atoms with Crippen molar-refractivity contribution in [2.45, 2.75) is 38.6 Å². The summed E-state index contributed by atoms with van der Waals surface area (Å²) in [7, 11) is -2.98. The summed E-state index contributed by atoms with van der Waals surface area (Å²) < 4.78 is 23.3. The first-order valence-electron chi connectivity index (χ1n) is 7.66. The molecule has 1 heterocycles. The number of aryl methyl sites for hydroxylation is 1. The molecule has 0 aromatic heterocycles. The quantitative estimate of drug-likeness (QED) is 0.798. The Bertz CT molecular complexity index is 630. The highest BCUT2D eigenvalue weighted by Gasteiger charge is 2.33. The van der Waals surface area contributed by atoms with Gasteiger partial charge in [-0.3, -0.25) is 4.79 Å². The van der Waals surface area contributed by atoms with Crippen molar-refractivity contribution in [2.24, 2.45) is 0 Å². The fourth-order valence-corrected chi connectivity index (χ4v) is 4.82. The lowest BCUT2D eigenvalue weighted by Crippen LogP contribution is -2.41. The van der Waals surface area contributed by atoms with Crippen LogP contribution < -0.4 is 0 Å². The summed E-state index contributed by atoms with van der Waals surface area (Å²) in [5.41, 5.74) is 0.952. The number of carbonyl (C=O) groups is 1. The van der Waals surface area contributed by atoms with Crippen LogP contribution in [0.25, 0.3) is 0 Å². The smallest absolute Gasteiger partial charge is 0.223 e. The first kappa shape index (κ1) is 17.3. The summed E-state index contributed by atoms with van der Waals surface area (Å²) >= 11 is 6.11. The summed E-state index contributed by atoms with van der Waals surface area (Å²) in [6.07, 6.45) is 2.33. The molecule has 1 unspecified atom stereocenters. The molecule has 1 fully saturated rings. The zero-order valence-electron chi connectivity index (χ0n) is 12.8. The molecular formula is C16H22ClNO3S. The molecule has 1 amide bonds. The molecule has 0 radical (unpaired) electrons. The van der Waals surface area contributed by atoms with Gasteiger partial charge in [-0.05, 0) is 30.9 Å². The number of halogens is 1. The van der Waals surface area contributed by atoms with Gasteiger partial charge in [0.2, 0.25) is 5.91 Å². The Morgan fingerprint density at radius 1 is 1.36 bits per heavy atom. The minimum absolute atomic E-state index is 0.0175. The maximum Gasteiger partial charge on any atom is 0.223 e. The molecule has 0 N–H and O–H groups in total. The number of benzene rings is 1. The largest absolute Gasteiger partial charge is 0.339 e. The average Bonchev–Trinajstić information content (AvgIpc) is 2.83. The van der Waals surface area contributed by atoms with E-state index in [1.165, 1.54) is 0 Å². The fraction of sp³-hybridized carbons (Fsp3) is 0.562. The number of hydrogen-bond donors (Lipinski definition) is 0. The van der Waals surface area contributed by atoms with Crippen LogP contribution in [0.2, 0.25) is 5.02 Å². The lowest BCUT2D eigenvalue weighted by molar-refractivity contribution is -0.133. The molecule has 1 atom stereocenters. The lowest BCUT2D eigenvalue weighted by Gasteiger charge is -2.28. The van der Waals surface area contributed by atoms with Gasteiger partial charge < -0.3 is 4.90 Å². The molecule has 1 aromatic carbocycles. The molecule has 2 rings (SSSR count). The lowest BCUT2D eigenvalue weighted by atomic mass is 10.1. The third-order valence-corrected chi connectivity index (χ3v) is 6.12. The van der Waals surface area contributed by atoms with Gasteiger partial charge in [-0.2, -0.15) is 0 Å². The van der Waals surface area contributed by atoms with Crippen LogP contribution >= 0.6 is 11.6 Å². The second-order valence-electron chi connectivity index (χ2n) is 5.74. The molecule has 0 spiro atoms. The van der Waals surface area contributed by atoms with Gasteiger partial charge in [0.05, 0.1) is 11.5 Å². The zero-order chi connectivity index (χ0) is 16.2. The van der Waals surface area contributed by atoms with E-state index in [0.717, 1.165) is 12.0 Å². The fourth-order valence-electron chi connectivity index (χ4n) is 2.86. The van der Waals surface area contributed by atoms with Crippen molar-refractivity contribution in [3.05, 3.63) is 34.9 Å². The molecule has 122 valence electrons. The average molecular weight is 344 g/mol. The van der Waals surface area contributed by atoms with Crippen LogP contribution in [0.4, 0.5) is 0 Å². The number of rotatable bonds is 6. The molecule has 0 saturated carbocycles. The maximum absolute atomic E-state index is 12.5. The van der Waals surface area contributed by atoms with E-state index < -0.39 is 9.84 Å². The highest BCUT2D eigenvalue weighted by Crippen LogP contribution is 2.21. The van der Waals surface area contributed by atoms with Crippen LogP contribution in [0.15, 0.2) is 24.3 Å². The highest BCUT2D eigenvalue weighted by molar-refractivity contribution is 7.91. The Labute approximate surface area is 137 Å². The highest BCUT2D eigenvalue weighted by atomic mass is 35.5. The minimum atomic E-state index is -2.98. The molecule has 1 saturated heterocycles. The van der Waals surface area contributed by atoms with Gasteiger partial charge in [0.15, 0.2) is 9.84 Å². The SMILES string of the molecule is CCCN(C(=O)CCc1ccccc1Cl)C1CCS(=O)(=O)C1. The Hall–Kier alpha value is -1.07. The van der Waals surface area contributed by atoms with Crippen molar-refractivity contribution in [2.75, 3.05) is 18.1 Å². The van der Waals surface area contributed by atoms with E-state index in [1.807, 2.05) is 31.2 Å². The van der Waals surface area contributed by atoms with Crippen LogP contribution in [-0.2, 0) is 21.1 Å². The standard InChI is InChI=1S/C16H22ClNO3S/c1-2-10-18(14-9-11-22(20,21)12-14)16(19)8-7-13-5-3-4-6-15(13)17/h3-6,14H,2,7-12H2,1H3. The van der Waals surface area contributed by atoms with E-state index in [0.29, 0.717) is 30.8 Å². The van der Waals surface area contributed by atoms with Gasteiger partial charge in [0.1, 0.15) is 0 Å². The predicted molar refractivity (Wildman–Crippen MR) is 88.8 cm³/mol. The first-order valence-corrected chi connectivity index (χ1v) is 9.86.